The van der Waals surface area contributed by atoms with Crippen LogP contribution in [0.2, 0.25) is 0 Å². The van der Waals surface area contributed by atoms with E-state index in [1.54, 1.807) is 6.07 Å². The molecule has 108 valence electrons. The summed E-state index contributed by atoms with van der Waals surface area (Å²) in [6.45, 7) is 2.44. The summed E-state index contributed by atoms with van der Waals surface area (Å²) in [6.07, 6.45) is 4.53. The molecule has 0 radical (unpaired) electrons. The Morgan fingerprint density at radius 1 is 1.47 bits per heavy atom. The number of sulfonamides is 1. The second kappa shape index (κ2) is 6.56. The van der Waals surface area contributed by atoms with Crippen LogP contribution in [0, 0.1) is 12.8 Å². The van der Waals surface area contributed by atoms with E-state index in [2.05, 4.69) is 36.6 Å². The molecule has 1 heterocycles. The van der Waals surface area contributed by atoms with Gasteiger partial charge in [-0.05, 0) is 59.7 Å². The van der Waals surface area contributed by atoms with Gasteiger partial charge >= 0.3 is 0 Å². The molecule has 1 aromatic rings. The van der Waals surface area contributed by atoms with E-state index in [-0.39, 0.29) is 0 Å². The van der Waals surface area contributed by atoms with Gasteiger partial charge in [0.05, 0.1) is 3.79 Å². The highest BCUT2D eigenvalue weighted by atomic mass is 79.9. The molecule has 2 atom stereocenters. The van der Waals surface area contributed by atoms with Gasteiger partial charge in [-0.15, -0.1) is 11.3 Å². The molecule has 1 aliphatic carbocycles. The molecule has 0 amide bonds. The zero-order chi connectivity index (χ0) is 14.0. The highest BCUT2D eigenvalue weighted by Crippen LogP contribution is 2.31. The smallest absolute Gasteiger partial charge is 0.210 e. The van der Waals surface area contributed by atoms with Crippen molar-refractivity contribution in [3.63, 3.8) is 0 Å². The van der Waals surface area contributed by atoms with E-state index in [9.17, 15) is 8.42 Å². The maximum Gasteiger partial charge on any atom is 0.250 e. The lowest BCUT2D eigenvalue weighted by Crippen LogP contribution is -2.31. The van der Waals surface area contributed by atoms with Gasteiger partial charge in [-0.2, -0.15) is 0 Å². The first kappa shape index (κ1) is 15.9. The molecular weight excluding hydrogens is 414 g/mol. The SMILES string of the molecule is Cc1cc(S(=O)(=O)NCC2CCCC(Br)C2)sc1Br. The lowest BCUT2D eigenvalue weighted by Gasteiger charge is -2.25. The van der Waals surface area contributed by atoms with Crippen molar-refractivity contribution in [2.24, 2.45) is 5.92 Å². The van der Waals surface area contributed by atoms with Gasteiger partial charge in [-0.1, -0.05) is 22.4 Å². The molecule has 7 heteroatoms. The quantitative estimate of drug-likeness (QED) is 0.732. The lowest BCUT2D eigenvalue weighted by atomic mass is 9.89. The van der Waals surface area contributed by atoms with E-state index < -0.39 is 10.0 Å². The minimum Gasteiger partial charge on any atom is -0.210 e. The Morgan fingerprint density at radius 2 is 2.21 bits per heavy atom. The average molecular weight is 431 g/mol. The summed E-state index contributed by atoms with van der Waals surface area (Å²) in [4.78, 5) is 0.536. The van der Waals surface area contributed by atoms with Gasteiger partial charge in [0.25, 0.3) is 0 Å². The number of thiophene rings is 1. The maximum absolute atomic E-state index is 12.2. The fourth-order valence-corrected chi connectivity index (χ4v) is 6.51. The summed E-state index contributed by atoms with van der Waals surface area (Å²) < 4.78 is 28.4. The summed E-state index contributed by atoms with van der Waals surface area (Å²) >= 11 is 8.26. The highest BCUT2D eigenvalue weighted by molar-refractivity contribution is 9.11. The Hall–Kier alpha value is 0.570. The van der Waals surface area contributed by atoms with Gasteiger partial charge in [0, 0.05) is 11.4 Å². The molecule has 3 nitrogen and oxygen atoms in total. The lowest BCUT2D eigenvalue weighted by molar-refractivity contribution is 0.368. The van der Waals surface area contributed by atoms with Crippen molar-refractivity contribution in [2.75, 3.05) is 6.54 Å². The second-order valence-electron chi connectivity index (χ2n) is 5.00. The molecular formula is C12H17Br2NO2S2. The van der Waals surface area contributed by atoms with E-state index in [0.29, 0.717) is 21.5 Å². The topological polar surface area (TPSA) is 46.2 Å². The number of alkyl halides is 1. The third kappa shape index (κ3) is 4.27. The normalized spacial score (nSPS) is 24.6. The van der Waals surface area contributed by atoms with Gasteiger partial charge in [0.2, 0.25) is 10.0 Å². The maximum atomic E-state index is 12.2. The van der Waals surface area contributed by atoms with E-state index in [4.69, 9.17) is 0 Å². The molecule has 1 fully saturated rings. The third-order valence-corrected chi connectivity index (χ3v) is 8.25. The van der Waals surface area contributed by atoms with E-state index in [1.165, 1.54) is 24.2 Å². The molecule has 2 rings (SSSR count). The Bertz CT molecular complexity index is 522. The van der Waals surface area contributed by atoms with Crippen LogP contribution < -0.4 is 4.72 Å². The predicted molar refractivity (Wildman–Crippen MR) is 86.6 cm³/mol. The van der Waals surface area contributed by atoms with Crippen LogP contribution in [0.25, 0.3) is 0 Å². The molecule has 19 heavy (non-hydrogen) atoms. The van der Waals surface area contributed by atoms with Crippen molar-refractivity contribution >= 4 is 53.2 Å². The van der Waals surface area contributed by atoms with Gasteiger partial charge in [0.15, 0.2) is 0 Å². The fraction of sp³-hybridized carbons (Fsp3) is 0.667. The standard InChI is InChI=1S/C12H17Br2NO2S2/c1-8-5-11(18-12(8)14)19(16,17)15-7-9-3-2-4-10(13)6-9/h5,9-10,15H,2-4,6-7H2,1H3. The number of rotatable bonds is 4. The predicted octanol–water partition coefficient (Wildman–Crippen LogP) is 4.05. The van der Waals surface area contributed by atoms with Gasteiger partial charge in [-0.3, -0.25) is 0 Å². The van der Waals surface area contributed by atoms with Crippen LogP contribution in [-0.4, -0.2) is 19.8 Å². The molecule has 2 unspecified atom stereocenters. The molecule has 0 bridgehead atoms. The summed E-state index contributed by atoms with van der Waals surface area (Å²) in [7, 11) is -3.36. The van der Waals surface area contributed by atoms with Crippen LogP contribution in [0.5, 0.6) is 0 Å². The second-order valence-corrected chi connectivity index (χ2v) is 10.7. The molecule has 1 aliphatic rings. The van der Waals surface area contributed by atoms with Crippen LogP contribution in [0.4, 0.5) is 0 Å². The van der Waals surface area contributed by atoms with E-state index >= 15 is 0 Å². The number of halogens is 2. The Morgan fingerprint density at radius 3 is 2.79 bits per heavy atom. The summed E-state index contributed by atoms with van der Waals surface area (Å²) in [5.74, 6) is 0.442. The molecule has 1 aromatic heterocycles. The van der Waals surface area contributed by atoms with Crippen LogP contribution in [0.3, 0.4) is 0 Å². The number of aryl methyl sites for hydroxylation is 1. The van der Waals surface area contributed by atoms with Gasteiger partial charge < -0.3 is 0 Å². The largest absolute Gasteiger partial charge is 0.250 e. The molecule has 1 saturated carbocycles. The molecule has 0 spiro atoms. The zero-order valence-electron chi connectivity index (χ0n) is 10.7. The van der Waals surface area contributed by atoms with E-state index in [1.807, 2.05) is 6.92 Å². The minimum atomic E-state index is -3.36. The van der Waals surface area contributed by atoms with Crippen molar-refractivity contribution in [1.82, 2.24) is 4.72 Å². The van der Waals surface area contributed by atoms with Crippen LogP contribution in [0.1, 0.15) is 31.2 Å². The highest BCUT2D eigenvalue weighted by Gasteiger charge is 2.23. The minimum absolute atomic E-state index is 0.392. The average Bonchev–Trinajstić information content (AvgIpc) is 2.68. The molecule has 0 aliphatic heterocycles. The molecule has 1 N–H and O–H groups in total. The summed E-state index contributed by atoms with van der Waals surface area (Å²) in [5, 5.41) is 0. The Balaban J connectivity index is 1.98. The van der Waals surface area contributed by atoms with Gasteiger partial charge in [0.1, 0.15) is 4.21 Å². The van der Waals surface area contributed by atoms with E-state index in [0.717, 1.165) is 22.2 Å². The first-order chi connectivity index (χ1) is 8.88. The van der Waals surface area contributed by atoms with Crippen LogP contribution in [-0.2, 0) is 10.0 Å². The van der Waals surface area contributed by atoms with Gasteiger partial charge in [-0.25, -0.2) is 13.1 Å². The first-order valence-electron chi connectivity index (χ1n) is 6.28. The Labute approximate surface area is 135 Å². The monoisotopic (exact) mass is 429 g/mol. The Kier molecular flexibility index (Phi) is 5.50. The molecule has 0 aromatic carbocycles. The first-order valence-corrected chi connectivity index (χ1v) is 10.3. The van der Waals surface area contributed by atoms with Crippen molar-refractivity contribution in [1.29, 1.82) is 0 Å². The number of hydrogen-bond acceptors (Lipinski definition) is 3. The van der Waals surface area contributed by atoms with Crippen molar-refractivity contribution in [3.05, 3.63) is 15.4 Å². The van der Waals surface area contributed by atoms with Crippen LogP contribution in [0.15, 0.2) is 14.1 Å². The number of nitrogens with one attached hydrogen (secondary N) is 1. The van der Waals surface area contributed by atoms with Crippen LogP contribution >= 0.6 is 43.2 Å². The number of hydrogen-bond donors (Lipinski definition) is 1. The summed E-state index contributed by atoms with van der Waals surface area (Å²) in [6, 6.07) is 1.71. The van der Waals surface area contributed by atoms with Crippen molar-refractivity contribution in [3.8, 4) is 0 Å². The third-order valence-electron chi connectivity index (χ3n) is 3.38. The zero-order valence-corrected chi connectivity index (χ0v) is 15.5. The summed E-state index contributed by atoms with van der Waals surface area (Å²) in [5.41, 5.74) is 0.962. The van der Waals surface area contributed by atoms with Crippen molar-refractivity contribution < 1.29 is 8.42 Å². The molecule has 0 saturated heterocycles. The fourth-order valence-electron chi connectivity index (χ4n) is 2.27. The van der Waals surface area contributed by atoms with Crippen molar-refractivity contribution in [2.45, 2.75) is 41.6 Å².